The molecule has 3 saturated carbocycles. The van der Waals surface area contributed by atoms with E-state index in [4.69, 9.17) is 0 Å². The molecule has 1 nitrogen and oxygen atoms in total. The molecule has 0 aromatic rings. The van der Waals surface area contributed by atoms with Gasteiger partial charge in [0.25, 0.3) is 0 Å². The minimum Gasteiger partial charge on any atom is -0.299 e. The van der Waals surface area contributed by atoms with Crippen LogP contribution in [0.15, 0.2) is 11.6 Å². The van der Waals surface area contributed by atoms with Crippen molar-refractivity contribution in [2.75, 3.05) is 0 Å². The molecule has 4 rings (SSSR count). The molecule has 4 aliphatic carbocycles. The summed E-state index contributed by atoms with van der Waals surface area (Å²) in [7, 11) is 0. The van der Waals surface area contributed by atoms with Crippen molar-refractivity contribution < 1.29 is 4.79 Å². The molecule has 4 aliphatic rings. The molecule has 0 saturated heterocycles. The summed E-state index contributed by atoms with van der Waals surface area (Å²) >= 11 is 0. The molecule has 7 atom stereocenters. The van der Waals surface area contributed by atoms with Crippen molar-refractivity contribution in [1.29, 1.82) is 0 Å². The van der Waals surface area contributed by atoms with Crippen LogP contribution in [0.25, 0.3) is 0 Å². The van der Waals surface area contributed by atoms with Gasteiger partial charge < -0.3 is 0 Å². The van der Waals surface area contributed by atoms with Crippen LogP contribution in [0.4, 0.5) is 0 Å². The first-order valence-electron chi connectivity index (χ1n) is 12.5. The number of carbonyl (C=O) groups is 1. The Kier molecular flexibility index (Phi) is 5.60. The highest BCUT2D eigenvalue weighted by Crippen LogP contribution is 2.66. The van der Waals surface area contributed by atoms with Gasteiger partial charge in [0.1, 0.15) is 5.78 Å². The van der Waals surface area contributed by atoms with Gasteiger partial charge in [0.05, 0.1) is 0 Å². The van der Waals surface area contributed by atoms with Crippen LogP contribution >= 0.6 is 0 Å². The molecule has 28 heavy (non-hydrogen) atoms. The van der Waals surface area contributed by atoms with Crippen LogP contribution in [0.3, 0.4) is 0 Å². The highest BCUT2D eigenvalue weighted by Gasteiger charge is 2.60. The Bertz CT molecular complexity index is 630. The Morgan fingerprint density at radius 1 is 1.04 bits per heavy atom. The predicted octanol–water partition coefficient (Wildman–Crippen LogP) is 7.60. The van der Waals surface area contributed by atoms with E-state index >= 15 is 0 Å². The number of allylic oxidation sites excluding steroid dienone is 2. The van der Waals surface area contributed by atoms with Crippen LogP contribution in [0, 0.1) is 46.3 Å². The molecule has 1 unspecified atom stereocenters. The Labute approximate surface area is 174 Å². The molecule has 158 valence electrons. The number of ketones is 1. The zero-order chi connectivity index (χ0) is 20.1. The van der Waals surface area contributed by atoms with Crippen LogP contribution in [-0.2, 0) is 4.79 Å². The van der Waals surface area contributed by atoms with E-state index in [1.54, 1.807) is 5.57 Å². The minimum atomic E-state index is 0.231. The van der Waals surface area contributed by atoms with Crippen LogP contribution in [0.5, 0.6) is 0 Å². The highest BCUT2D eigenvalue weighted by atomic mass is 16.1. The zero-order valence-electron chi connectivity index (χ0n) is 19.2. The van der Waals surface area contributed by atoms with Gasteiger partial charge in [-0.1, -0.05) is 78.4 Å². The van der Waals surface area contributed by atoms with Crippen LogP contribution in [-0.4, -0.2) is 5.78 Å². The standard InChI is InChI=1S/C27H44O/c1-18(2)9-8-10-19(3)23-17-24(28)25-21-13-12-20-11-6-7-15-26(20,4)22(21)14-16-27(23,25)5/h13,18-20,22-23,25H,6-12,14-17H2,1-5H3/t19-,20?,22+,23-,25-,26+,27-/m1/s1. The Morgan fingerprint density at radius 3 is 2.57 bits per heavy atom. The van der Waals surface area contributed by atoms with Gasteiger partial charge >= 0.3 is 0 Å². The molecule has 0 radical (unpaired) electrons. The average Bonchev–Trinajstić information content (AvgIpc) is 2.92. The molecule has 0 bridgehead atoms. The van der Waals surface area contributed by atoms with E-state index in [0.717, 1.165) is 18.3 Å². The largest absolute Gasteiger partial charge is 0.299 e. The maximum atomic E-state index is 13.4. The third kappa shape index (κ3) is 3.24. The van der Waals surface area contributed by atoms with E-state index in [-0.39, 0.29) is 11.3 Å². The van der Waals surface area contributed by atoms with Gasteiger partial charge in [-0.05, 0) is 72.5 Å². The van der Waals surface area contributed by atoms with E-state index in [2.05, 4.69) is 40.7 Å². The van der Waals surface area contributed by atoms with Crippen molar-refractivity contribution in [3.05, 3.63) is 11.6 Å². The van der Waals surface area contributed by atoms with Crippen molar-refractivity contribution in [2.24, 2.45) is 46.3 Å². The third-order valence-electron chi connectivity index (χ3n) is 9.97. The van der Waals surface area contributed by atoms with Crippen molar-refractivity contribution in [2.45, 2.75) is 105 Å². The molecule has 0 N–H and O–H groups in total. The fourth-order valence-corrected chi connectivity index (χ4v) is 8.29. The van der Waals surface area contributed by atoms with Crippen molar-refractivity contribution in [3.8, 4) is 0 Å². The molecule has 0 heterocycles. The fourth-order valence-electron chi connectivity index (χ4n) is 8.29. The Balaban J connectivity index is 1.56. The van der Waals surface area contributed by atoms with Gasteiger partial charge in [0, 0.05) is 12.3 Å². The van der Waals surface area contributed by atoms with Gasteiger partial charge in [-0.2, -0.15) is 0 Å². The molecular weight excluding hydrogens is 340 g/mol. The quantitative estimate of drug-likeness (QED) is 0.446. The van der Waals surface area contributed by atoms with Gasteiger partial charge in [-0.3, -0.25) is 4.79 Å². The Morgan fingerprint density at radius 2 is 1.82 bits per heavy atom. The summed E-state index contributed by atoms with van der Waals surface area (Å²) in [4.78, 5) is 13.4. The molecular formula is C27H44O. The van der Waals surface area contributed by atoms with Crippen LogP contribution < -0.4 is 0 Å². The zero-order valence-corrected chi connectivity index (χ0v) is 19.2. The topological polar surface area (TPSA) is 17.1 Å². The average molecular weight is 385 g/mol. The SMILES string of the molecule is CC(C)CCC[C@@H](C)[C@H]1CC(=O)[C@H]2C3=CCC4CCCC[C@]4(C)[C@H]3CC[C@@]21C. The summed E-state index contributed by atoms with van der Waals surface area (Å²) in [6.45, 7) is 12.2. The maximum Gasteiger partial charge on any atom is 0.140 e. The van der Waals surface area contributed by atoms with E-state index in [1.165, 1.54) is 64.2 Å². The maximum absolute atomic E-state index is 13.4. The fraction of sp³-hybridized carbons (Fsp3) is 0.889. The predicted molar refractivity (Wildman–Crippen MR) is 118 cm³/mol. The van der Waals surface area contributed by atoms with Crippen molar-refractivity contribution in [1.82, 2.24) is 0 Å². The summed E-state index contributed by atoms with van der Waals surface area (Å²) < 4.78 is 0. The molecule has 0 aromatic heterocycles. The van der Waals surface area contributed by atoms with Gasteiger partial charge in [0.2, 0.25) is 0 Å². The smallest absolute Gasteiger partial charge is 0.140 e. The van der Waals surface area contributed by atoms with E-state index in [9.17, 15) is 4.79 Å². The lowest BCUT2D eigenvalue weighted by atomic mass is 9.47. The summed E-state index contributed by atoms with van der Waals surface area (Å²) in [6.07, 6.45) is 16.9. The first-order chi connectivity index (χ1) is 13.3. The van der Waals surface area contributed by atoms with Crippen molar-refractivity contribution in [3.63, 3.8) is 0 Å². The molecule has 0 amide bonds. The van der Waals surface area contributed by atoms with Gasteiger partial charge in [-0.25, -0.2) is 0 Å². The second-order valence-corrected chi connectivity index (χ2v) is 12.0. The molecule has 0 aromatic carbocycles. The number of hydrogen-bond donors (Lipinski definition) is 0. The number of carbonyl (C=O) groups excluding carboxylic acids is 1. The summed E-state index contributed by atoms with van der Waals surface area (Å²) in [5, 5.41) is 0. The summed E-state index contributed by atoms with van der Waals surface area (Å²) in [5.41, 5.74) is 2.32. The lowest BCUT2D eigenvalue weighted by Crippen LogP contribution is -2.49. The monoisotopic (exact) mass is 384 g/mol. The van der Waals surface area contributed by atoms with Crippen LogP contribution in [0.1, 0.15) is 105 Å². The van der Waals surface area contributed by atoms with Gasteiger partial charge in [-0.15, -0.1) is 0 Å². The molecule has 0 spiro atoms. The minimum absolute atomic E-state index is 0.231. The molecule has 3 fully saturated rings. The highest BCUT2D eigenvalue weighted by molar-refractivity contribution is 5.88. The van der Waals surface area contributed by atoms with Crippen molar-refractivity contribution >= 4 is 5.78 Å². The lowest BCUT2D eigenvalue weighted by Gasteiger charge is -2.56. The number of rotatable bonds is 5. The van der Waals surface area contributed by atoms with Crippen LogP contribution in [0.2, 0.25) is 0 Å². The van der Waals surface area contributed by atoms with E-state index in [1.807, 2.05) is 0 Å². The second kappa shape index (κ2) is 7.59. The lowest BCUT2D eigenvalue weighted by molar-refractivity contribution is -0.122. The number of fused-ring (bicyclic) bond motifs is 5. The number of hydrogen-bond acceptors (Lipinski definition) is 1. The van der Waals surface area contributed by atoms with Gasteiger partial charge in [0.15, 0.2) is 0 Å². The summed E-state index contributed by atoms with van der Waals surface area (Å²) in [5.74, 6) is 4.52. The number of Topliss-reactive ketones (excluding diaryl/α,β-unsaturated/α-hetero) is 1. The van der Waals surface area contributed by atoms with E-state index < -0.39 is 0 Å². The molecule has 0 aliphatic heterocycles. The second-order valence-electron chi connectivity index (χ2n) is 12.0. The summed E-state index contributed by atoms with van der Waals surface area (Å²) in [6, 6.07) is 0. The first-order valence-corrected chi connectivity index (χ1v) is 12.5. The van der Waals surface area contributed by atoms with E-state index in [0.29, 0.717) is 29.0 Å². The Hall–Kier alpha value is -0.590. The first kappa shape index (κ1) is 20.7. The third-order valence-corrected chi connectivity index (χ3v) is 9.97. The normalized spacial score (nSPS) is 43.9. The molecule has 1 heteroatoms.